The fourth-order valence-corrected chi connectivity index (χ4v) is 1.80. The molecule has 2 rings (SSSR count). The minimum absolute atomic E-state index is 0.210. The van der Waals surface area contributed by atoms with E-state index in [1.54, 1.807) is 6.20 Å². The van der Waals surface area contributed by atoms with Crippen LogP contribution in [0.15, 0.2) is 30.6 Å². The van der Waals surface area contributed by atoms with Crippen LogP contribution in [-0.4, -0.2) is 22.1 Å². The number of carbonyl (C=O) groups is 1. The first-order valence-electron chi connectivity index (χ1n) is 5.80. The van der Waals surface area contributed by atoms with E-state index in [1.807, 2.05) is 12.3 Å². The largest absolute Gasteiger partial charge is 0.466 e. The van der Waals surface area contributed by atoms with Crippen LogP contribution in [0, 0.1) is 0 Å². The van der Waals surface area contributed by atoms with E-state index in [4.69, 9.17) is 4.74 Å². The fraction of sp³-hybridized carbons (Fsp3) is 0.385. The lowest BCUT2D eigenvalue weighted by Gasteiger charge is -2.04. The Hall–Kier alpha value is -1.84. The van der Waals surface area contributed by atoms with Gasteiger partial charge >= 0.3 is 5.97 Å². The Labute approximate surface area is 100 Å². The third-order valence-electron chi connectivity index (χ3n) is 2.62. The number of unbranched alkanes of at least 4 members (excludes halogenated alkanes) is 1. The molecule has 17 heavy (non-hydrogen) atoms. The van der Waals surface area contributed by atoms with Gasteiger partial charge in [-0.25, -0.2) is 4.98 Å². The van der Waals surface area contributed by atoms with Crippen molar-refractivity contribution in [2.75, 3.05) is 6.61 Å². The Balaban J connectivity index is 1.85. The molecule has 0 atom stereocenters. The van der Waals surface area contributed by atoms with Crippen molar-refractivity contribution in [2.45, 2.75) is 26.3 Å². The van der Waals surface area contributed by atoms with E-state index in [0.29, 0.717) is 6.61 Å². The van der Waals surface area contributed by atoms with Gasteiger partial charge in [-0.3, -0.25) is 4.79 Å². The molecule has 0 fully saturated rings. The Kier molecular flexibility index (Phi) is 3.75. The van der Waals surface area contributed by atoms with Crippen molar-refractivity contribution >= 4 is 17.0 Å². The summed E-state index contributed by atoms with van der Waals surface area (Å²) in [5.74, 6) is -0.210. The predicted octanol–water partition coefficient (Wildman–Crippen LogP) is 2.38. The first kappa shape index (κ1) is 11.6. The van der Waals surface area contributed by atoms with Crippen LogP contribution >= 0.6 is 0 Å². The lowest BCUT2D eigenvalue weighted by atomic mass is 10.3. The van der Waals surface area contributed by atoms with Crippen LogP contribution in [0.2, 0.25) is 0 Å². The Morgan fingerprint density at radius 2 is 2.29 bits per heavy atom. The average Bonchev–Trinajstić information content (AvgIpc) is 2.72. The van der Waals surface area contributed by atoms with Crippen molar-refractivity contribution in [3.63, 3.8) is 0 Å². The maximum atomic E-state index is 10.6. The highest BCUT2D eigenvalue weighted by atomic mass is 16.5. The third kappa shape index (κ3) is 3.06. The highest BCUT2D eigenvalue weighted by molar-refractivity contribution is 5.75. The molecule has 2 aromatic heterocycles. The lowest BCUT2D eigenvalue weighted by molar-refractivity contribution is -0.141. The summed E-state index contributed by atoms with van der Waals surface area (Å²) in [5.41, 5.74) is 1.01. The zero-order valence-corrected chi connectivity index (χ0v) is 9.93. The zero-order valence-electron chi connectivity index (χ0n) is 9.93. The summed E-state index contributed by atoms with van der Waals surface area (Å²) in [6.07, 6.45) is 5.71. The zero-order chi connectivity index (χ0) is 12.1. The highest BCUT2D eigenvalue weighted by Gasteiger charge is 2.00. The summed E-state index contributed by atoms with van der Waals surface area (Å²) in [6, 6.07) is 6.06. The SMILES string of the molecule is CC(=O)OCCCCn1ccc2cccnc21. The van der Waals surface area contributed by atoms with Crippen LogP contribution in [0.5, 0.6) is 0 Å². The van der Waals surface area contributed by atoms with Gasteiger partial charge in [-0.2, -0.15) is 0 Å². The Morgan fingerprint density at radius 3 is 3.12 bits per heavy atom. The molecule has 0 unspecified atom stereocenters. The standard InChI is InChI=1S/C13H16N2O2/c1-11(16)17-10-3-2-8-15-9-6-12-5-4-7-14-13(12)15/h4-7,9H,2-3,8,10H2,1H3. The molecule has 0 saturated carbocycles. The lowest BCUT2D eigenvalue weighted by Crippen LogP contribution is -2.03. The van der Waals surface area contributed by atoms with Gasteiger partial charge in [0.1, 0.15) is 5.65 Å². The van der Waals surface area contributed by atoms with Crippen LogP contribution in [0.25, 0.3) is 11.0 Å². The molecule has 0 aromatic carbocycles. The van der Waals surface area contributed by atoms with E-state index >= 15 is 0 Å². The van der Waals surface area contributed by atoms with Crippen LogP contribution in [0.1, 0.15) is 19.8 Å². The summed E-state index contributed by atoms with van der Waals surface area (Å²) in [5, 5.41) is 1.16. The summed E-state index contributed by atoms with van der Waals surface area (Å²) >= 11 is 0. The van der Waals surface area contributed by atoms with Gasteiger partial charge in [0.25, 0.3) is 0 Å². The second kappa shape index (κ2) is 5.48. The Morgan fingerprint density at radius 1 is 1.41 bits per heavy atom. The second-order valence-electron chi connectivity index (χ2n) is 3.97. The molecular weight excluding hydrogens is 216 g/mol. The summed E-state index contributed by atoms with van der Waals surface area (Å²) in [4.78, 5) is 14.9. The van der Waals surface area contributed by atoms with Crippen LogP contribution in [-0.2, 0) is 16.1 Å². The van der Waals surface area contributed by atoms with Crippen molar-refractivity contribution in [3.8, 4) is 0 Å². The van der Waals surface area contributed by atoms with E-state index in [2.05, 4.69) is 21.7 Å². The van der Waals surface area contributed by atoms with Crippen molar-refractivity contribution < 1.29 is 9.53 Å². The van der Waals surface area contributed by atoms with E-state index < -0.39 is 0 Å². The number of rotatable bonds is 5. The number of aromatic nitrogens is 2. The molecular formula is C13H16N2O2. The first-order chi connectivity index (χ1) is 8.27. The highest BCUT2D eigenvalue weighted by Crippen LogP contribution is 2.12. The number of carbonyl (C=O) groups excluding carboxylic acids is 1. The number of ether oxygens (including phenoxy) is 1. The van der Waals surface area contributed by atoms with Gasteiger partial charge in [0, 0.05) is 31.2 Å². The van der Waals surface area contributed by atoms with Gasteiger partial charge in [-0.05, 0) is 31.0 Å². The molecule has 0 bridgehead atoms. The van der Waals surface area contributed by atoms with E-state index in [1.165, 1.54) is 6.92 Å². The van der Waals surface area contributed by atoms with Gasteiger partial charge in [-0.15, -0.1) is 0 Å². The molecule has 0 saturated heterocycles. The summed E-state index contributed by atoms with van der Waals surface area (Å²) < 4.78 is 7.01. The quantitative estimate of drug-likeness (QED) is 0.587. The molecule has 4 nitrogen and oxygen atoms in total. The number of hydrogen-bond donors (Lipinski definition) is 0. The van der Waals surface area contributed by atoms with Crippen molar-refractivity contribution in [2.24, 2.45) is 0 Å². The molecule has 0 spiro atoms. The smallest absolute Gasteiger partial charge is 0.302 e. The van der Waals surface area contributed by atoms with Crippen molar-refractivity contribution in [1.82, 2.24) is 9.55 Å². The number of pyridine rings is 1. The molecule has 2 aromatic rings. The molecule has 2 heterocycles. The molecule has 0 N–H and O–H groups in total. The van der Waals surface area contributed by atoms with Gasteiger partial charge in [0.15, 0.2) is 0 Å². The fourth-order valence-electron chi connectivity index (χ4n) is 1.80. The minimum Gasteiger partial charge on any atom is -0.466 e. The maximum Gasteiger partial charge on any atom is 0.302 e. The van der Waals surface area contributed by atoms with Crippen LogP contribution < -0.4 is 0 Å². The Bertz CT molecular complexity index is 505. The predicted molar refractivity (Wildman–Crippen MR) is 65.6 cm³/mol. The normalized spacial score (nSPS) is 10.6. The molecule has 90 valence electrons. The summed E-state index contributed by atoms with van der Waals surface area (Å²) in [6.45, 7) is 2.84. The van der Waals surface area contributed by atoms with E-state index in [9.17, 15) is 4.79 Å². The molecule has 0 amide bonds. The van der Waals surface area contributed by atoms with Crippen LogP contribution in [0.4, 0.5) is 0 Å². The number of nitrogens with zero attached hydrogens (tertiary/aromatic N) is 2. The van der Waals surface area contributed by atoms with Gasteiger partial charge in [0.05, 0.1) is 6.61 Å². The van der Waals surface area contributed by atoms with E-state index in [-0.39, 0.29) is 5.97 Å². The van der Waals surface area contributed by atoms with Crippen molar-refractivity contribution in [1.29, 1.82) is 0 Å². The third-order valence-corrected chi connectivity index (χ3v) is 2.62. The minimum atomic E-state index is -0.210. The number of aryl methyl sites for hydroxylation is 1. The van der Waals surface area contributed by atoms with Crippen LogP contribution in [0.3, 0.4) is 0 Å². The molecule has 4 heteroatoms. The second-order valence-corrected chi connectivity index (χ2v) is 3.97. The number of hydrogen-bond acceptors (Lipinski definition) is 3. The average molecular weight is 232 g/mol. The maximum absolute atomic E-state index is 10.6. The number of fused-ring (bicyclic) bond motifs is 1. The van der Waals surface area contributed by atoms with Crippen molar-refractivity contribution in [3.05, 3.63) is 30.6 Å². The molecule has 0 aliphatic carbocycles. The van der Waals surface area contributed by atoms with Gasteiger partial charge in [0.2, 0.25) is 0 Å². The first-order valence-corrected chi connectivity index (χ1v) is 5.80. The van der Waals surface area contributed by atoms with Gasteiger partial charge in [-0.1, -0.05) is 0 Å². The molecule has 0 radical (unpaired) electrons. The monoisotopic (exact) mass is 232 g/mol. The molecule has 0 aliphatic heterocycles. The van der Waals surface area contributed by atoms with Gasteiger partial charge < -0.3 is 9.30 Å². The topological polar surface area (TPSA) is 44.1 Å². The molecule has 0 aliphatic rings. The number of esters is 1. The van der Waals surface area contributed by atoms with E-state index in [0.717, 1.165) is 30.4 Å². The summed E-state index contributed by atoms with van der Waals surface area (Å²) in [7, 11) is 0.